The first-order valence-corrected chi connectivity index (χ1v) is 20.7. The molecule has 0 amide bonds. The second kappa shape index (κ2) is 33.0. The van der Waals surface area contributed by atoms with Crippen molar-refractivity contribution in [1.29, 1.82) is 0 Å². The van der Waals surface area contributed by atoms with Gasteiger partial charge in [-0.25, -0.2) is 0 Å². The largest absolute Gasteiger partial charge is 0.372 e. The topological polar surface area (TPSA) is 67.5 Å². The van der Waals surface area contributed by atoms with Crippen LogP contribution in [0.4, 0.5) is 0 Å². The Labute approximate surface area is 282 Å². The van der Waals surface area contributed by atoms with Crippen molar-refractivity contribution in [2.24, 2.45) is 22.6 Å². The zero-order chi connectivity index (χ0) is 32.5. The average molecular weight is 632 g/mol. The molecule has 0 fully saturated rings. The van der Waals surface area contributed by atoms with Gasteiger partial charge in [-0.05, 0) is 19.3 Å². The monoisotopic (exact) mass is 632 g/mol. The third-order valence-electron chi connectivity index (χ3n) is 10.3. The summed E-state index contributed by atoms with van der Waals surface area (Å²) in [5.41, 5.74) is 6.18. The number of Topliss-reactive ketones (excluding diaryl/α,β-unsaturated/α-hetero) is 1. The minimum absolute atomic E-state index is 0.00149. The molecule has 0 saturated heterocycles. The molecule has 0 radical (unpaired) electrons. The number of nitrogens with zero attached hydrogens (tertiary/aromatic N) is 1. The van der Waals surface area contributed by atoms with E-state index in [9.17, 15) is 4.79 Å². The van der Waals surface area contributed by atoms with E-state index in [2.05, 4.69) is 19.2 Å². The molecule has 2 atom stereocenters. The molecule has 0 aromatic carbocycles. The van der Waals surface area contributed by atoms with E-state index in [0.29, 0.717) is 24.7 Å². The van der Waals surface area contributed by atoms with Gasteiger partial charge in [0.2, 0.25) is 0 Å². The first-order chi connectivity index (χ1) is 22.2. The van der Waals surface area contributed by atoms with Gasteiger partial charge in [0, 0.05) is 31.3 Å². The zero-order valence-corrected chi connectivity index (χ0v) is 30.8. The van der Waals surface area contributed by atoms with E-state index in [4.69, 9.17) is 10.7 Å². The molecule has 3 N–H and O–H groups in total. The van der Waals surface area contributed by atoms with E-state index >= 15 is 0 Å². The van der Waals surface area contributed by atoms with Crippen LogP contribution >= 0.6 is 0 Å². The third-order valence-corrected chi connectivity index (χ3v) is 10.3. The van der Waals surface area contributed by atoms with Crippen molar-refractivity contribution in [3.05, 3.63) is 0 Å². The van der Waals surface area contributed by atoms with Crippen LogP contribution in [-0.2, 0) is 4.79 Å². The number of carbonyl (C=O) groups excluding carboxylic acids is 1. The van der Waals surface area contributed by atoms with E-state index in [1.54, 1.807) is 0 Å². The highest BCUT2D eigenvalue weighted by molar-refractivity contribution is 5.87. The molecule has 4 heteroatoms. The number of unbranched alkanes of at least 4 members (excludes halogenated alkanes) is 27. The first kappa shape index (κ1) is 42.1. The van der Waals surface area contributed by atoms with Crippen LogP contribution in [0.3, 0.4) is 0 Å². The second-order valence-electron chi connectivity index (χ2n) is 14.6. The molecule has 45 heavy (non-hydrogen) atoms. The number of amidine groups is 1. The number of aliphatic imine (C=N–C) groups is 1. The fourth-order valence-electron chi connectivity index (χ4n) is 7.22. The molecule has 1 rings (SSSR count). The Balaban J connectivity index is 2.09. The summed E-state index contributed by atoms with van der Waals surface area (Å²) in [4.78, 5) is 17.9. The lowest BCUT2D eigenvalue weighted by molar-refractivity contribution is -0.123. The van der Waals surface area contributed by atoms with Crippen molar-refractivity contribution >= 4 is 11.6 Å². The van der Waals surface area contributed by atoms with Crippen molar-refractivity contribution < 1.29 is 4.79 Å². The van der Waals surface area contributed by atoms with Crippen LogP contribution in [0.5, 0.6) is 0 Å². The predicted octanol–water partition coefficient (Wildman–Crippen LogP) is 12.3. The summed E-state index contributed by atoms with van der Waals surface area (Å²) in [5, 5.41) is 3.52. The Bertz CT molecular complexity index is 663. The number of hydrogen-bond acceptors (Lipinski definition) is 4. The number of hydrogen-bond donors (Lipinski definition) is 2. The minimum Gasteiger partial charge on any atom is -0.372 e. The quantitative estimate of drug-likeness (QED) is 0.0676. The molecule has 1 heterocycles. The van der Waals surface area contributed by atoms with Gasteiger partial charge >= 0.3 is 0 Å². The van der Waals surface area contributed by atoms with Crippen LogP contribution in [0.25, 0.3) is 0 Å². The fraction of sp³-hybridized carbons (Fsp3) is 0.951. The maximum absolute atomic E-state index is 13.1. The Hall–Kier alpha value is -0.900. The Kier molecular flexibility index (Phi) is 30.9. The van der Waals surface area contributed by atoms with Gasteiger partial charge in [-0.3, -0.25) is 9.79 Å². The lowest BCUT2D eigenvalue weighted by Crippen LogP contribution is -2.33. The van der Waals surface area contributed by atoms with Gasteiger partial charge < -0.3 is 11.1 Å². The zero-order valence-electron chi connectivity index (χ0n) is 30.8. The van der Waals surface area contributed by atoms with Gasteiger partial charge in [0.1, 0.15) is 5.78 Å². The highest BCUT2D eigenvalue weighted by Crippen LogP contribution is 2.24. The number of nitrogens with two attached hydrogens (primary N) is 1. The molecular formula is C41H81N3O. The molecule has 0 aromatic heterocycles. The van der Waals surface area contributed by atoms with Crippen molar-refractivity contribution in [2.45, 2.75) is 219 Å². The molecule has 1 aliphatic rings. The SMILES string of the molecule is CCCCCCCCCCCCCCCCCC(=O)C(CN)CC(CCCCCCCCCCCCCCCC)C1=NCCN1. The van der Waals surface area contributed by atoms with Gasteiger partial charge in [0.05, 0.1) is 12.4 Å². The molecule has 266 valence electrons. The first-order valence-electron chi connectivity index (χ1n) is 20.7. The van der Waals surface area contributed by atoms with Crippen molar-refractivity contribution in [3.63, 3.8) is 0 Å². The lowest BCUT2D eigenvalue weighted by atomic mass is 9.85. The van der Waals surface area contributed by atoms with Gasteiger partial charge in [-0.15, -0.1) is 0 Å². The summed E-state index contributed by atoms with van der Waals surface area (Å²) >= 11 is 0. The van der Waals surface area contributed by atoms with Crippen LogP contribution < -0.4 is 11.1 Å². The summed E-state index contributed by atoms with van der Waals surface area (Å²) in [5.74, 6) is 1.93. The van der Waals surface area contributed by atoms with Crippen LogP contribution in [0, 0.1) is 11.8 Å². The van der Waals surface area contributed by atoms with Gasteiger partial charge in [0.15, 0.2) is 0 Å². The molecule has 0 saturated carbocycles. The van der Waals surface area contributed by atoms with E-state index < -0.39 is 0 Å². The van der Waals surface area contributed by atoms with E-state index in [0.717, 1.165) is 38.2 Å². The highest BCUT2D eigenvalue weighted by Gasteiger charge is 2.25. The van der Waals surface area contributed by atoms with Crippen LogP contribution in [-0.4, -0.2) is 31.3 Å². The molecule has 4 nitrogen and oxygen atoms in total. The summed E-state index contributed by atoms with van der Waals surface area (Å²) < 4.78 is 0. The Morgan fingerprint density at radius 2 is 0.978 bits per heavy atom. The molecule has 2 unspecified atom stereocenters. The van der Waals surface area contributed by atoms with Gasteiger partial charge in [-0.1, -0.05) is 194 Å². The fourth-order valence-corrected chi connectivity index (χ4v) is 7.22. The minimum atomic E-state index is -0.00149. The molecular weight excluding hydrogens is 550 g/mol. The van der Waals surface area contributed by atoms with Gasteiger partial charge in [0.25, 0.3) is 0 Å². The van der Waals surface area contributed by atoms with Crippen LogP contribution in [0.1, 0.15) is 219 Å². The number of nitrogens with one attached hydrogen (secondary N) is 1. The Morgan fingerprint density at radius 1 is 0.600 bits per heavy atom. The maximum atomic E-state index is 13.1. The lowest BCUT2D eigenvalue weighted by Gasteiger charge is -2.22. The van der Waals surface area contributed by atoms with Crippen LogP contribution in [0.2, 0.25) is 0 Å². The number of ketones is 1. The molecule has 1 aliphatic heterocycles. The highest BCUT2D eigenvalue weighted by atomic mass is 16.1. The molecule has 0 aliphatic carbocycles. The van der Waals surface area contributed by atoms with Crippen LogP contribution in [0.15, 0.2) is 4.99 Å². The van der Waals surface area contributed by atoms with E-state index in [-0.39, 0.29) is 5.92 Å². The van der Waals surface area contributed by atoms with Gasteiger partial charge in [-0.2, -0.15) is 0 Å². The molecule has 0 bridgehead atoms. The third kappa shape index (κ3) is 25.8. The van der Waals surface area contributed by atoms with E-state index in [1.807, 2.05) is 0 Å². The summed E-state index contributed by atoms with van der Waals surface area (Å²) in [7, 11) is 0. The van der Waals surface area contributed by atoms with E-state index in [1.165, 1.54) is 180 Å². The maximum Gasteiger partial charge on any atom is 0.137 e. The van der Waals surface area contributed by atoms with Crippen molar-refractivity contribution in [1.82, 2.24) is 5.32 Å². The smallest absolute Gasteiger partial charge is 0.137 e. The number of carbonyl (C=O) groups is 1. The molecule has 0 spiro atoms. The average Bonchev–Trinajstić information content (AvgIpc) is 3.59. The second-order valence-corrected chi connectivity index (χ2v) is 14.6. The summed E-state index contributed by atoms with van der Waals surface area (Å²) in [6.45, 7) is 6.90. The van der Waals surface area contributed by atoms with Crippen molar-refractivity contribution in [3.8, 4) is 0 Å². The summed E-state index contributed by atoms with van der Waals surface area (Å²) in [6, 6.07) is 0. The Morgan fingerprint density at radius 3 is 1.33 bits per heavy atom. The number of rotatable bonds is 36. The molecule has 0 aromatic rings. The summed E-state index contributed by atoms with van der Waals surface area (Å²) in [6.07, 6.45) is 42.6. The standard InChI is InChI=1S/C41H81N3O/c1-3-5-7-9-11-13-15-17-19-21-23-25-27-29-31-33-40(45)39(37-42)36-38(41-43-34-35-44-41)32-30-28-26-24-22-20-18-16-14-12-10-8-6-4-2/h38-39H,3-37,42H2,1-2H3,(H,43,44). The predicted molar refractivity (Wildman–Crippen MR) is 200 cm³/mol. The normalized spacial score (nSPS) is 14.4. The van der Waals surface area contributed by atoms with Crippen molar-refractivity contribution in [2.75, 3.05) is 19.6 Å².